The highest BCUT2D eigenvalue weighted by Gasteiger charge is 2.23. The number of hydrogen-bond donors (Lipinski definition) is 7. The number of rotatable bonds is 17. The average molecular weight is 789 g/mol. The number of aliphatic hydroxyl groups is 1. The summed E-state index contributed by atoms with van der Waals surface area (Å²) in [6.07, 6.45) is 19.5. The Morgan fingerprint density at radius 1 is 0.655 bits per heavy atom. The molecule has 310 valence electrons. The topological polar surface area (TPSA) is 158 Å². The van der Waals surface area contributed by atoms with Gasteiger partial charge in [0.05, 0.1) is 6.10 Å². The summed E-state index contributed by atoms with van der Waals surface area (Å²) in [6.45, 7) is 21.0. The van der Waals surface area contributed by atoms with E-state index in [9.17, 15) is 24.9 Å². The van der Waals surface area contributed by atoms with Gasteiger partial charge in [-0.15, -0.1) is 0 Å². The Morgan fingerprint density at radius 2 is 1.19 bits per heavy atom. The molecule has 5 heterocycles. The van der Waals surface area contributed by atoms with E-state index >= 15 is 0 Å². The van der Waals surface area contributed by atoms with E-state index in [1.807, 2.05) is 26.8 Å². The zero-order valence-corrected chi connectivity index (χ0v) is 35.9. The van der Waals surface area contributed by atoms with E-state index in [-0.39, 0.29) is 12.8 Å². The van der Waals surface area contributed by atoms with Gasteiger partial charge in [0.1, 0.15) is 0 Å². The minimum atomic E-state index is -0.865. The summed E-state index contributed by atoms with van der Waals surface area (Å²) in [5.41, 5.74) is 17.5. The van der Waals surface area contributed by atoms with Crippen LogP contribution in [0.2, 0.25) is 0 Å². The van der Waals surface area contributed by atoms with Gasteiger partial charge in [-0.2, -0.15) is 0 Å². The van der Waals surface area contributed by atoms with Crippen LogP contribution in [0.15, 0.2) is 41.5 Å². The molecule has 9 nitrogen and oxygen atoms in total. The fraction of sp³-hybridized carbons (Fsp3) is 0.429. The first kappa shape index (κ1) is 43.8. The number of carbonyl (C=O) groups is 2. The van der Waals surface area contributed by atoms with Crippen molar-refractivity contribution in [3.63, 3.8) is 0 Å². The molecule has 8 bridgehead atoms. The Hall–Kier alpha value is -5.28. The van der Waals surface area contributed by atoms with Crippen LogP contribution in [0.3, 0.4) is 0 Å². The number of aromatic amines is 4. The SMILES string of the molecule is C=Cc1c2[nH]c(c1C)/C=c1\[nH]/c(c(C)c1[C@@H](O)CC/C=C(\C)CC/C=C(\C)CCC=C(C)C)=C\c1[nH]c(c(CCC(=O)O)c1C)Cc1[nH]c(c(C)c1CCC(=O)O)C2. The van der Waals surface area contributed by atoms with Crippen molar-refractivity contribution in [3.8, 4) is 0 Å². The zero-order chi connectivity index (χ0) is 42.3. The number of aliphatic hydroxyl groups excluding tert-OH is 1. The predicted octanol–water partition coefficient (Wildman–Crippen LogP) is 9.30. The fourth-order valence-electron chi connectivity index (χ4n) is 8.45. The molecule has 0 aromatic carbocycles. The zero-order valence-electron chi connectivity index (χ0n) is 35.9. The summed E-state index contributed by atoms with van der Waals surface area (Å²) in [5, 5.41) is 32.9. The van der Waals surface area contributed by atoms with Crippen LogP contribution < -0.4 is 10.7 Å². The highest BCUT2D eigenvalue weighted by Crippen LogP contribution is 2.31. The molecule has 7 N–H and O–H groups in total. The Labute approximate surface area is 343 Å². The van der Waals surface area contributed by atoms with Crippen molar-refractivity contribution in [2.45, 2.75) is 139 Å². The van der Waals surface area contributed by atoms with Gasteiger partial charge in [0.15, 0.2) is 0 Å². The van der Waals surface area contributed by atoms with Gasteiger partial charge in [-0.25, -0.2) is 0 Å². The van der Waals surface area contributed by atoms with Crippen LogP contribution in [0.25, 0.3) is 18.2 Å². The molecule has 4 aromatic rings. The number of aliphatic carboxylic acids is 2. The number of aromatic nitrogens is 4. The van der Waals surface area contributed by atoms with Crippen molar-refractivity contribution in [1.82, 2.24) is 19.9 Å². The Balaban J connectivity index is 1.57. The van der Waals surface area contributed by atoms with Gasteiger partial charge >= 0.3 is 11.9 Å². The van der Waals surface area contributed by atoms with E-state index in [2.05, 4.69) is 91.5 Å². The van der Waals surface area contributed by atoms with Crippen LogP contribution in [0.1, 0.15) is 164 Å². The van der Waals surface area contributed by atoms with E-state index < -0.39 is 18.0 Å². The lowest BCUT2D eigenvalue weighted by atomic mass is 9.97. The quantitative estimate of drug-likeness (QED) is 0.0468. The van der Waals surface area contributed by atoms with Crippen molar-refractivity contribution in [2.75, 3.05) is 0 Å². The molecular formula is C49H64N4O5. The molecule has 0 aliphatic carbocycles. The standard InChI is InChI=1S/C49H64N4O5/c1-10-35-31(6)40-26-45-49(46(54)19-13-18-30(5)17-12-16-29(4)15-11-14-28(2)3)34(9)41(53-45)24-38-32(7)36(20-22-47(55)56)43(51-38)27-44-37(21-23-48(57)58)33(8)39(52-44)25-42(35)50-40/h10,14,16,18,24,26,46,50-54H,1,11-13,15,17,19-23,25,27H2,2-9H3,(H,55,56)(H,57,58)/b29-16+,30-18+,41-24-,45-26-/t46-/m0/s1. The van der Waals surface area contributed by atoms with Crippen molar-refractivity contribution < 1.29 is 24.9 Å². The molecule has 0 saturated carbocycles. The highest BCUT2D eigenvalue weighted by atomic mass is 16.4. The lowest BCUT2D eigenvalue weighted by Crippen LogP contribution is -2.15. The first-order valence-corrected chi connectivity index (χ1v) is 20.8. The van der Waals surface area contributed by atoms with E-state index in [1.165, 1.54) is 16.7 Å². The summed E-state index contributed by atoms with van der Waals surface area (Å²) in [4.78, 5) is 38.2. The molecule has 0 amide bonds. The third kappa shape index (κ3) is 10.6. The number of hydrogen-bond acceptors (Lipinski definition) is 3. The molecule has 9 heteroatoms. The van der Waals surface area contributed by atoms with Crippen molar-refractivity contribution in [3.05, 3.63) is 131 Å². The Kier molecular flexibility index (Phi) is 14.7. The summed E-state index contributed by atoms with van der Waals surface area (Å²) in [6, 6.07) is 0. The van der Waals surface area contributed by atoms with Gasteiger partial charge in [0.25, 0.3) is 0 Å². The maximum absolute atomic E-state index is 11.9. The van der Waals surface area contributed by atoms with Crippen molar-refractivity contribution in [2.24, 2.45) is 0 Å². The molecule has 5 rings (SSSR count). The van der Waals surface area contributed by atoms with Crippen LogP contribution in [0, 0.1) is 27.7 Å². The molecule has 0 unspecified atom stereocenters. The van der Waals surface area contributed by atoms with E-state index in [1.54, 1.807) is 0 Å². The summed E-state index contributed by atoms with van der Waals surface area (Å²) in [5.74, 6) is -1.72. The maximum Gasteiger partial charge on any atom is 0.303 e. The molecule has 4 aromatic heterocycles. The first-order valence-electron chi connectivity index (χ1n) is 20.8. The number of H-pyrrole nitrogens is 4. The molecule has 1 atom stereocenters. The molecule has 58 heavy (non-hydrogen) atoms. The van der Waals surface area contributed by atoms with Crippen molar-refractivity contribution in [1.29, 1.82) is 0 Å². The Bertz CT molecular complexity index is 2380. The van der Waals surface area contributed by atoms with Gasteiger partial charge in [-0.1, -0.05) is 47.6 Å². The number of fused-ring (bicyclic) bond motifs is 8. The monoisotopic (exact) mass is 788 g/mol. The molecule has 0 radical (unpaired) electrons. The second-order valence-electron chi connectivity index (χ2n) is 16.5. The minimum Gasteiger partial charge on any atom is -0.481 e. The van der Waals surface area contributed by atoms with E-state index in [0.717, 1.165) is 121 Å². The van der Waals surface area contributed by atoms with Gasteiger partial charge in [-0.05, 0) is 158 Å². The van der Waals surface area contributed by atoms with E-state index in [4.69, 9.17) is 0 Å². The van der Waals surface area contributed by atoms with E-state index in [0.29, 0.717) is 32.1 Å². The summed E-state index contributed by atoms with van der Waals surface area (Å²) < 4.78 is 0. The lowest BCUT2D eigenvalue weighted by Gasteiger charge is -2.10. The minimum absolute atomic E-state index is 0.00534. The molecule has 1 aliphatic heterocycles. The summed E-state index contributed by atoms with van der Waals surface area (Å²) in [7, 11) is 0. The van der Waals surface area contributed by atoms with Gasteiger partial charge in [-0.3, -0.25) is 9.59 Å². The fourth-order valence-corrected chi connectivity index (χ4v) is 8.45. The normalized spacial score (nSPS) is 14.7. The molecule has 1 aliphatic rings. The Morgan fingerprint density at radius 3 is 1.81 bits per heavy atom. The predicted molar refractivity (Wildman–Crippen MR) is 236 cm³/mol. The smallest absolute Gasteiger partial charge is 0.303 e. The van der Waals surface area contributed by atoms with Crippen LogP contribution in [-0.4, -0.2) is 47.2 Å². The second-order valence-corrected chi connectivity index (χ2v) is 16.5. The third-order valence-electron chi connectivity index (χ3n) is 11.9. The summed E-state index contributed by atoms with van der Waals surface area (Å²) >= 11 is 0. The second kappa shape index (κ2) is 19.4. The van der Waals surface area contributed by atoms with Crippen LogP contribution in [0.5, 0.6) is 0 Å². The number of nitrogens with one attached hydrogen (secondary N) is 4. The molecule has 0 saturated heterocycles. The molecule has 0 spiro atoms. The molecule has 0 fully saturated rings. The van der Waals surface area contributed by atoms with Crippen LogP contribution >= 0.6 is 0 Å². The first-order chi connectivity index (χ1) is 27.6. The van der Waals surface area contributed by atoms with Gasteiger partial charge in [0.2, 0.25) is 0 Å². The van der Waals surface area contributed by atoms with Crippen molar-refractivity contribution >= 4 is 30.2 Å². The van der Waals surface area contributed by atoms with Gasteiger partial charge < -0.3 is 35.3 Å². The maximum atomic E-state index is 11.9. The van der Waals surface area contributed by atoms with Crippen LogP contribution in [0.4, 0.5) is 0 Å². The highest BCUT2D eigenvalue weighted by molar-refractivity contribution is 5.69. The number of carboxylic acids is 2. The van der Waals surface area contributed by atoms with Gasteiger partial charge in [0, 0.05) is 76.1 Å². The molecular weight excluding hydrogens is 725 g/mol. The third-order valence-corrected chi connectivity index (χ3v) is 11.9. The number of allylic oxidation sites excluding steroid dienone is 6. The number of carboxylic acid groups (broad SMARTS) is 2. The average Bonchev–Trinajstić information content (AvgIpc) is 3.82. The lowest BCUT2D eigenvalue weighted by molar-refractivity contribution is -0.138. The van der Waals surface area contributed by atoms with Crippen LogP contribution in [-0.2, 0) is 35.3 Å². The largest absolute Gasteiger partial charge is 0.481 e.